The number of nitrogens with two attached hydrogens (primary N) is 1. The van der Waals surface area contributed by atoms with Gasteiger partial charge in [0.05, 0.1) is 13.2 Å². The highest BCUT2D eigenvalue weighted by Gasteiger charge is 2.25. The Hall–Kier alpha value is -2.03. The van der Waals surface area contributed by atoms with Crippen LogP contribution in [-0.4, -0.2) is 49.3 Å². The molecule has 0 saturated carbocycles. The molecule has 0 spiro atoms. The van der Waals surface area contributed by atoms with E-state index in [0.29, 0.717) is 12.8 Å². The zero-order chi connectivity index (χ0) is 38.9. The zero-order valence-electron chi connectivity index (χ0n) is 33.6. The van der Waals surface area contributed by atoms with Crippen molar-refractivity contribution < 1.29 is 37.6 Å². The van der Waals surface area contributed by atoms with Crippen molar-refractivity contribution in [1.29, 1.82) is 0 Å². The lowest BCUT2D eigenvalue weighted by atomic mass is 10.0. The Morgan fingerprint density at radius 3 is 1.64 bits per heavy atom. The van der Waals surface area contributed by atoms with Gasteiger partial charge in [-0.15, -0.1) is 6.58 Å². The van der Waals surface area contributed by atoms with Crippen LogP contribution < -0.4 is 5.73 Å². The molecule has 0 aliphatic carbocycles. The maximum Gasteiger partial charge on any atom is 0.472 e. The third-order valence-electron chi connectivity index (χ3n) is 8.83. The van der Waals surface area contributed by atoms with Gasteiger partial charge in [0.2, 0.25) is 0 Å². The number of phosphoric acid groups is 1. The molecule has 0 bridgehead atoms. The molecule has 2 atom stereocenters. The molecule has 53 heavy (non-hydrogen) atoms. The summed E-state index contributed by atoms with van der Waals surface area (Å²) < 4.78 is 32.7. The van der Waals surface area contributed by atoms with E-state index in [-0.39, 0.29) is 32.6 Å². The lowest BCUT2D eigenvalue weighted by Gasteiger charge is -2.19. The predicted molar refractivity (Wildman–Crippen MR) is 220 cm³/mol. The molecule has 9 nitrogen and oxygen atoms in total. The van der Waals surface area contributed by atoms with E-state index in [1.54, 1.807) is 0 Å². The van der Waals surface area contributed by atoms with Crippen LogP contribution in [0.2, 0.25) is 0 Å². The number of phosphoric ester groups is 1. The maximum absolute atomic E-state index is 12.5. The largest absolute Gasteiger partial charge is 0.472 e. The lowest BCUT2D eigenvalue weighted by Crippen LogP contribution is -2.29. The van der Waals surface area contributed by atoms with Crippen LogP contribution in [0.5, 0.6) is 0 Å². The second-order valence-corrected chi connectivity index (χ2v) is 15.4. The number of ether oxygens (including phenoxy) is 2. The fourth-order valence-corrected chi connectivity index (χ4v) is 6.45. The Kier molecular flexibility index (Phi) is 38.1. The van der Waals surface area contributed by atoms with Gasteiger partial charge in [0.15, 0.2) is 6.10 Å². The molecular formula is C43H78NO8P. The number of hydrogen-bond acceptors (Lipinski definition) is 8. The number of allylic oxidation sites excluding steroid dienone is 7. The number of esters is 2. The molecule has 1 unspecified atom stereocenters. The summed E-state index contributed by atoms with van der Waals surface area (Å²) in [6.07, 6.45) is 43.3. The minimum atomic E-state index is -4.39. The van der Waals surface area contributed by atoms with Crippen molar-refractivity contribution >= 4 is 19.8 Å². The van der Waals surface area contributed by atoms with Gasteiger partial charge in [0.1, 0.15) is 6.61 Å². The van der Waals surface area contributed by atoms with E-state index in [1.807, 2.05) is 12.2 Å². The van der Waals surface area contributed by atoms with E-state index < -0.39 is 32.5 Å². The summed E-state index contributed by atoms with van der Waals surface area (Å²) in [6.45, 7) is 5.18. The average molecular weight is 768 g/mol. The molecule has 0 aromatic heterocycles. The van der Waals surface area contributed by atoms with Crippen LogP contribution in [0.25, 0.3) is 0 Å². The summed E-state index contributed by atoms with van der Waals surface area (Å²) >= 11 is 0. The van der Waals surface area contributed by atoms with E-state index in [4.69, 9.17) is 24.3 Å². The van der Waals surface area contributed by atoms with Crippen molar-refractivity contribution in [2.24, 2.45) is 5.73 Å². The second kappa shape index (κ2) is 39.7. The Bertz CT molecular complexity index is 999. The summed E-state index contributed by atoms with van der Waals surface area (Å²) in [7, 11) is -4.39. The van der Waals surface area contributed by atoms with Gasteiger partial charge in [0.25, 0.3) is 0 Å². The molecule has 0 aliphatic heterocycles. The molecule has 0 saturated heterocycles. The summed E-state index contributed by atoms with van der Waals surface area (Å²) in [4.78, 5) is 34.8. The smallest absolute Gasteiger partial charge is 0.462 e. The first kappa shape index (κ1) is 51.0. The standard InChI is InChI=1S/C43H78NO8P/c1-3-5-7-9-11-13-15-17-19-20-22-24-26-28-30-32-34-36-43(46)52-41(40-51-53(47,48)50-38-37-44)39-49-42(45)35-33-31-29-27-25-23-21-18-16-14-12-10-8-6-4-2/h4,17,19,22,24,28,30,41H,2-3,5-16,18,20-21,23,25-27,29,31-40,44H2,1H3,(H,47,48)/b19-17+,24-22+,30-28+/t41-/m1/s1. The van der Waals surface area contributed by atoms with E-state index in [9.17, 15) is 19.0 Å². The van der Waals surface area contributed by atoms with Crippen LogP contribution >= 0.6 is 7.82 Å². The highest BCUT2D eigenvalue weighted by molar-refractivity contribution is 7.47. The van der Waals surface area contributed by atoms with E-state index in [0.717, 1.165) is 44.9 Å². The van der Waals surface area contributed by atoms with Gasteiger partial charge >= 0.3 is 19.8 Å². The Labute approximate surface area is 324 Å². The molecule has 3 N–H and O–H groups in total. The van der Waals surface area contributed by atoms with Crippen molar-refractivity contribution in [3.63, 3.8) is 0 Å². The zero-order valence-corrected chi connectivity index (χ0v) is 34.5. The summed E-state index contributed by atoms with van der Waals surface area (Å²) in [6, 6.07) is 0. The first-order valence-corrected chi connectivity index (χ1v) is 22.6. The van der Waals surface area contributed by atoms with Gasteiger partial charge in [-0.3, -0.25) is 18.6 Å². The fourth-order valence-electron chi connectivity index (χ4n) is 5.69. The van der Waals surface area contributed by atoms with Crippen molar-refractivity contribution in [1.82, 2.24) is 0 Å². The Morgan fingerprint density at radius 2 is 1.09 bits per heavy atom. The summed E-state index contributed by atoms with van der Waals surface area (Å²) in [5.41, 5.74) is 5.34. The molecule has 0 rings (SSSR count). The van der Waals surface area contributed by atoms with Crippen LogP contribution in [0.15, 0.2) is 49.1 Å². The van der Waals surface area contributed by atoms with Gasteiger partial charge < -0.3 is 20.1 Å². The van der Waals surface area contributed by atoms with Crippen LogP contribution in [-0.2, 0) is 32.7 Å². The SMILES string of the molecule is C=CCCCCCCCCCCCCCCCC(=O)OC[C@H](COP(=O)(O)OCCN)OC(=O)CCC/C=C/C/C=C/C/C=C/CCCCCCCC. The fraction of sp³-hybridized carbons (Fsp3) is 0.767. The molecule has 10 heteroatoms. The number of rotatable bonds is 40. The van der Waals surface area contributed by atoms with Crippen LogP contribution in [0.3, 0.4) is 0 Å². The van der Waals surface area contributed by atoms with Crippen LogP contribution in [0, 0.1) is 0 Å². The third-order valence-corrected chi connectivity index (χ3v) is 9.82. The van der Waals surface area contributed by atoms with Gasteiger partial charge in [0, 0.05) is 19.4 Å². The van der Waals surface area contributed by atoms with E-state index in [1.165, 1.54) is 103 Å². The van der Waals surface area contributed by atoms with Gasteiger partial charge in [-0.1, -0.05) is 152 Å². The lowest BCUT2D eigenvalue weighted by molar-refractivity contribution is -0.161. The summed E-state index contributed by atoms with van der Waals surface area (Å²) in [5, 5.41) is 0. The Balaban J connectivity index is 4.24. The van der Waals surface area contributed by atoms with Gasteiger partial charge in [-0.25, -0.2) is 4.57 Å². The third kappa shape index (κ3) is 39.5. The topological polar surface area (TPSA) is 134 Å². The van der Waals surface area contributed by atoms with Crippen LogP contribution in [0.4, 0.5) is 0 Å². The van der Waals surface area contributed by atoms with Gasteiger partial charge in [-0.05, 0) is 57.8 Å². The number of hydrogen-bond donors (Lipinski definition) is 2. The molecule has 0 heterocycles. The molecule has 0 aliphatic rings. The van der Waals surface area contributed by atoms with Crippen molar-refractivity contribution in [3.8, 4) is 0 Å². The van der Waals surface area contributed by atoms with Crippen molar-refractivity contribution in [2.45, 2.75) is 186 Å². The number of carbonyl (C=O) groups is 2. The highest BCUT2D eigenvalue weighted by atomic mass is 31.2. The van der Waals surface area contributed by atoms with E-state index in [2.05, 4.69) is 43.9 Å². The van der Waals surface area contributed by atoms with Crippen molar-refractivity contribution in [2.75, 3.05) is 26.4 Å². The summed E-state index contributed by atoms with van der Waals surface area (Å²) in [5.74, 6) is -0.893. The highest BCUT2D eigenvalue weighted by Crippen LogP contribution is 2.43. The van der Waals surface area contributed by atoms with Gasteiger partial charge in [-0.2, -0.15) is 0 Å². The molecule has 0 radical (unpaired) electrons. The Morgan fingerprint density at radius 1 is 0.623 bits per heavy atom. The van der Waals surface area contributed by atoms with E-state index >= 15 is 0 Å². The van der Waals surface area contributed by atoms with Crippen molar-refractivity contribution in [3.05, 3.63) is 49.1 Å². The molecule has 308 valence electrons. The molecule has 0 aromatic rings. The van der Waals surface area contributed by atoms with Crippen LogP contribution in [0.1, 0.15) is 180 Å². The quantitative estimate of drug-likeness (QED) is 0.0270. The first-order chi connectivity index (χ1) is 25.8. The molecular weight excluding hydrogens is 689 g/mol. The first-order valence-electron chi connectivity index (χ1n) is 21.1. The maximum atomic E-state index is 12.5. The molecule has 0 fully saturated rings. The number of carbonyl (C=O) groups excluding carboxylic acids is 2. The average Bonchev–Trinajstić information content (AvgIpc) is 3.14. The second-order valence-electron chi connectivity index (χ2n) is 13.9. The molecule has 0 amide bonds. The normalized spacial score (nSPS) is 13.6. The monoisotopic (exact) mass is 768 g/mol. The minimum Gasteiger partial charge on any atom is -0.462 e. The minimum absolute atomic E-state index is 0.0442. The molecule has 0 aromatic carbocycles. The predicted octanol–water partition coefficient (Wildman–Crippen LogP) is 11.9. The number of unbranched alkanes of at least 4 members (excludes halogenated alkanes) is 20.